The molecule has 0 saturated carbocycles. The number of hydrogen-bond acceptors (Lipinski definition) is 5. The number of aryl methyl sites for hydroxylation is 1. The summed E-state index contributed by atoms with van der Waals surface area (Å²) >= 11 is 5.89. The summed E-state index contributed by atoms with van der Waals surface area (Å²) in [6.45, 7) is 0.574. The zero-order valence-corrected chi connectivity index (χ0v) is 15.5. The van der Waals surface area contributed by atoms with Gasteiger partial charge in [0.05, 0.1) is 22.6 Å². The minimum atomic E-state index is -0.361. The molecular formula is C20H16ClFN6. The molecule has 0 radical (unpaired) electrons. The van der Waals surface area contributed by atoms with Gasteiger partial charge in [-0.1, -0.05) is 11.6 Å². The smallest absolute Gasteiger partial charge is 0.145 e. The molecule has 6 nitrogen and oxygen atoms in total. The molecule has 0 saturated heterocycles. The fraction of sp³-hybridized carbons (Fsp3) is 0.150. The number of benzene rings is 2. The summed E-state index contributed by atoms with van der Waals surface area (Å²) in [5.74, 6) is -0.137. The van der Waals surface area contributed by atoms with E-state index in [2.05, 4.69) is 22.6 Å². The highest BCUT2D eigenvalue weighted by Gasteiger charge is 2.16. The highest BCUT2D eigenvalue weighted by atomic mass is 35.5. The number of nitrogens with two attached hydrogens (primary N) is 1. The van der Waals surface area contributed by atoms with Crippen LogP contribution in [0.2, 0.25) is 5.02 Å². The van der Waals surface area contributed by atoms with Crippen LogP contribution >= 0.6 is 11.6 Å². The van der Waals surface area contributed by atoms with E-state index in [1.54, 1.807) is 30.3 Å². The molecule has 1 aromatic heterocycles. The SMILES string of the molecule is N#Cc1cc(Cl)ccc1NCCCc1nn(-c2ccc(F)cc2)c(N)c1C#N. The van der Waals surface area contributed by atoms with E-state index in [1.165, 1.54) is 16.8 Å². The van der Waals surface area contributed by atoms with Gasteiger partial charge in [-0.2, -0.15) is 15.6 Å². The van der Waals surface area contributed by atoms with Crippen molar-refractivity contribution in [2.75, 3.05) is 17.6 Å². The van der Waals surface area contributed by atoms with Gasteiger partial charge in [-0.3, -0.25) is 0 Å². The molecule has 0 fully saturated rings. The quantitative estimate of drug-likeness (QED) is 0.614. The normalized spacial score (nSPS) is 10.3. The van der Waals surface area contributed by atoms with Crippen LogP contribution in [0.5, 0.6) is 0 Å². The molecule has 0 bridgehead atoms. The third-order valence-corrected chi connectivity index (χ3v) is 4.42. The largest absolute Gasteiger partial charge is 0.384 e. The lowest BCUT2D eigenvalue weighted by molar-refractivity contribution is 0.627. The van der Waals surface area contributed by atoms with Crippen molar-refractivity contribution in [3.8, 4) is 17.8 Å². The number of nitrogen functional groups attached to an aromatic ring is 1. The fourth-order valence-electron chi connectivity index (χ4n) is 2.80. The Hall–Kier alpha value is -3.55. The number of anilines is 2. The first-order chi connectivity index (χ1) is 13.5. The lowest BCUT2D eigenvalue weighted by Crippen LogP contribution is -2.05. The van der Waals surface area contributed by atoms with Crippen LogP contribution in [0.1, 0.15) is 23.2 Å². The molecule has 0 aliphatic rings. The van der Waals surface area contributed by atoms with Crippen LogP contribution in [0.4, 0.5) is 15.9 Å². The van der Waals surface area contributed by atoms with E-state index in [4.69, 9.17) is 22.6 Å². The van der Waals surface area contributed by atoms with E-state index in [0.29, 0.717) is 52.6 Å². The molecule has 8 heteroatoms. The summed E-state index contributed by atoms with van der Waals surface area (Å²) in [4.78, 5) is 0. The molecule has 3 N–H and O–H groups in total. The zero-order valence-electron chi connectivity index (χ0n) is 14.8. The van der Waals surface area contributed by atoms with Crippen LogP contribution in [-0.4, -0.2) is 16.3 Å². The van der Waals surface area contributed by atoms with Gasteiger partial charge in [0, 0.05) is 11.6 Å². The van der Waals surface area contributed by atoms with Crippen molar-refractivity contribution in [1.29, 1.82) is 10.5 Å². The second-order valence-electron chi connectivity index (χ2n) is 6.04. The maximum absolute atomic E-state index is 13.1. The number of rotatable bonds is 6. The summed E-state index contributed by atoms with van der Waals surface area (Å²) in [7, 11) is 0. The maximum atomic E-state index is 13.1. The Morgan fingerprint density at radius 2 is 1.89 bits per heavy atom. The van der Waals surface area contributed by atoms with Crippen molar-refractivity contribution in [3.63, 3.8) is 0 Å². The second-order valence-corrected chi connectivity index (χ2v) is 6.48. The van der Waals surface area contributed by atoms with Crippen molar-refractivity contribution >= 4 is 23.1 Å². The highest BCUT2D eigenvalue weighted by Crippen LogP contribution is 2.23. The number of nitriles is 2. The molecule has 0 amide bonds. The number of halogens is 2. The number of nitrogens with zero attached hydrogens (tertiary/aromatic N) is 4. The molecule has 3 aromatic rings. The predicted octanol–water partition coefficient (Wildman–Crippen LogP) is 4.04. The Bertz CT molecular complexity index is 1080. The van der Waals surface area contributed by atoms with Crippen LogP contribution in [0, 0.1) is 28.5 Å². The van der Waals surface area contributed by atoms with Gasteiger partial charge < -0.3 is 11.1 Å². The van der Waals surface area contributed by atoms with Crippen molar-refractivity contribution in [2.45, 2.75) is 12.8 Å². The van der Waals surface area contributed by atoms with Crippen molar-refractivity contribution in [2.24, 2.45) is 0 Å². The minimum Gasteiger partial charge on any atom is -0.384 e. The average Bonchev–Trinajstić information content (AvgIpc) is 3.02. The van der Waals surface area contributed by atoms with Crippen molar-refractivity contribution < 1.29 is 4.39 Å². The highest BCUT2D eigenvalue weighted by molar-refractivity contribution is 6.30. The first kappa shape index (κ1) is 19.2. The van der Waals surface area contributed by atoms with Crippen LogP contribution in [0.15, 0.2) is 42.5 Å². The van der Waals surface area contributed by atoms with Crippen molar-refractivity contribution in [1.82, 2.24) is 9.78 Å². The Kier molecular flexibility index (Phi) is 5.78. The molecule has 1 heterocycles. The zero-order chi connectivity index (χ0) is 20.1. The first-order valence-electron chi connectivity index (χ1n) is 8.50. The Morgan fingerprint density at radius 1 is 1.14 bits per heavy atom. The van der Waals surface area contributed by atoms with Crippen LogP contribution in [0.25, 0.3) is 5.69 Å². The van der Waals surface area contributed by atoms with Gasteiger partial charge in [-0.25, -0.2) is 9.07 Å². The third kappa shape index (κ3) is 4.06. The fourth-order valence-corrected chi connectivity index (χ4v) is 2.97. The lowest BCUT2D eigenvalue weighted by Gasteiger charge is -2.08. The van der Waals surface area contributed by atoms with Crippen LogP contribution in [0.3, 0.4) is 0 Å². The van der Waals surface area contributed by atoms with Gasteiger partial charge >= 0.3 is 0 Å². The third-order valence-electron chi connectivity index (χ3n) is 4.18. The molecular weight excluding hydrogens is 379 g/mol. The van der Waals surface area contributed by atoms with E-state index < -0.39 is 0 Å². The standard InChI is InChI=1S/C20H16ClFN6/c21-14-3-8-18(13(10-14)11-23)26-9-1-2-19-17(12-24)20(25)28(27-19)16-6-4-15(22)5-7-16/h3-8,10,26H,1-2,9,25H2. The van der Waals surface area contributed by atoms with E-state index in [0.717, 1.165) is 0 Å². The molecule has 2 aromatic carbocycles. The summed E-state index contributed by atoms with van der Waals surface area (Å²) < 4.78 is 14.6. The molecule has 0 spiro atoms. The number of aromatic nitrogens is 2. The molecule has 140 valence electrons. The average molecular weight is 395 g/mol. The Labute approximate surface area is 166 Å². The topological polar surface area (TPSA) is 103 Å². The van der Waals surface area contributed by atoms with Gasteiger partial charge in [0.15, 0.2) is 0 Å². The molecule has 0 aliphatic carbocycles. The molecule has 28 heavy (non-hydrogen) atoms. The van der Waals surface area contributed by atoms with Crippen LogP contribution < -0.4 is 11.1 Å². The summed E-state index contributed by atoms with van der Waals surface area (Å²) in [6.07, 6.45) is 1.19. The van der Waals surface area contributed by atoms with Crippen molar-refractivity contribution in [3.05, 3.63) is 70.1 Å². The van der Waals surface area contributed by atoms with Gasteiger partial charge in [0.25, 0.3) is 0 Å². The Morgan fingerprint density at radius 3 is 2.57 bits per heavy atom. The first-order valence-corrected chi connectivity index (χ1v) is 8.88. The summed E-state index contributed by atoms with van der Waals surface area (Å²) in [5, 5.41) is 26.7. The maximum Gasteiger partial charge on any atom is 0.145 e. The van der Waals surface area contributed by atoms with E-state index in [9.17, 15) is 9.65 Å². The lowest BCUT2D eigenvalue weighted by atomic mass is 10.1. The monoisotopic (exact) mass is 394 g/mol. The molecule has 0 atom stereocenters. The predicted molar refractivity (Wildman–Crippen MR) is 106 cm³/mol. The molecule has 3 rings (SSSR count). The van der Waals surface area contributed by atoms with E-state index in [1.807, 2.05) is 0 Å². The Balaban J connectivity index is 1.70. The van der Waals surface area contributed by atoms with Crippen LogP contribution in [-0.2, 0) is 6.42 Å². The summed E-state index contributed by atoms with van der Waals surface area (Å²) in [6, 6.07) is 15.0. The number of nitrogens with one attached hydrogen (secondary N) is 1. The minimum absolute atomic E-state index is 0.224. The van der Waals surface area contributed by atoms with E-state index in [-0.39, 0.29) is 11.6 Å². The van der Waals surface area contributed by atoms with Gasteiger partial charge in [-0.05, 0) is 55.3 Å². The molecule has 0 aliphatic heterocycles. The summed E-state index contributed by atoms with van der Waals surface area (Å²) in [5.41, 5.74) is 8.69. The molecule has 0 unspecified atom stereocenters. The second kappa shape index (κ2) is 8.43. The van der Waals surface area contributed by atoms with Gasteiger partial charge in [-0.15, -0.1) is 0 Å². The van der Waals surface area contributed by atoms with E-state index >= 15 is 0 Å². The van der Waals surface area contributed by atoms with Gasteiger partial charge in [0.2, 0.25) is 0 Å². The van der Waals surface area contributed by atoms with Gasteiger partial charge in [0.1, 0.15) is 29.3 Å². The number of hydrogen-bond donors (Lipinski definition) is 2.